The number of rotatable bonds is 8. The van der Waals surface area contributed by atoms with E-state index in [1.165, 1.54) is 86.6 Å². The van der Waals surface area contributed by atoms with Gasteiger partial charge in [-0.05, 0) is 91.5 Å². The van der Waals surface area contributed by atoms with Gasteiger partial charge in [0, 0.05) is 32.9 Å². The van der Waals surface area contributed by atoms with Gasteiger partial charge in [-0.3, -0.25) is 0 Å². The van der Waals surface area contributed by atoms with E-state index < -0.39 is 8.07 Å². The van der Waals surface area contributed by atoms with E-state index in [0.29, 0.717) is 0 Å². The highest BCUT2D eigenvalue weighted by Gasteiger charge is 2.41. The summed E-state index contributed by atoms with van der Waals surface area (Å²) >= 11 is 0. The monoisotopic (exact) mass is 818 g/mol. The van der Waals surface area contributed by atoms with E-state index in [1.54, 1.807) is 0 Å². The number of hydrogen-bond acceptors (Lipinski definition) is 0. The van der Waals surface area contributed by atoms with Crippen molar-refractivity contribution in [3.8, 4) is 33.6 Å². The fourth-order valence-corrected chi connectivity index (χ4v) is 15.1. The highest BCUT2D eigenvalue weighted by Crippen LogP contribution is 2.41. The van der Waals surface area contributed by atoms with Crippen LogP contribution in [0.15, 0.2) is 255 Å². The van der Waals surface area contributed by atoms with Crippen molar-refractivity contribution in [1.82, 2.24) is 9.13 Å². The third kappa shape index (κ3) is 5.93. The van der Waals surface area contributed by atoms with Crippen LogP contribution in [0.2, 0.25) is 0 Å². The molecule has 0 aliphatic heterocycles. The van der Waals surface area contributed by atoms with Gasteiger partial charge < -0.3 is 9.13 Å². The van der Waals surface area contributed by atoms with Gasteiger partial charge in [0.15, 0.2) is 8.07 Å². The van der Waals surface area contributed by atoms with Crippen LogP contribution in [0.4, 0.5) is 0 Å². The predicted octanol–water partition coefficient (Wildman–Crippen LogP) is 12.6. The molecular formula is C60H42N2Si. The van der Waals surface area contributed by atoms with Crippen molar-refractivity contribution < 1.29 is 0 Å². The van der Waals surface area contributed by atoms with Crippen molar-refractivity contribution in [2.24, 2.45) is 0 Å². The van der Waals surface area contributed by atoms with Gasteiger partial charge in [-0.25, -0.2) is 0 Å². The summed E-state index contributed by atoms with van der Waals surface area (Å²) < 4.78 is 4.92. The Balaban J connectivity index is 1.10. The lowest BCUT2D eigenvalue weighted by molar-refractivity contribution is 1.17. The Labute approximate surface area is 368 Å². The first kappa shape index (κ1) is 36.8. The molecule has 63 heavy (non-hydrogen) atoms. The molecule has 0 fully saturated rings. The average molecular weight is 819 g/mol. The third-order valence-corrected chi connectivity index (χ3v) is 17.9. The molecule has 12 rings (SSSR count). The van der Waals surface area contributed by atoms with E-state index in [9.17, 15) is 0 Å². The minimum atomic E-state index is -2.74. The molecule has 0 spiro atoms. The summed E-state index contributed by atoms with van der Waals surface area (Å²) in [5, 5.41) is 10.5. The maximum atomic E-state index is 2.52. The second-order valence-electron chi connectivity index (χ2n) is 16.4. The molecule has 0 radical (unpaired) electrons. The zero-order chi connectivity index (χ0) is 41.7. The van der Waals surface area contributed by atoms with Crippen LogP contribution in [0.25, 0.3) is 77.2 Å². The smallest absolute Gasteiger partial charge is 0.179 e. The van der Waals surface area contributed by atoms with Crippen molar-refractivity contribution in [3.05, 3.63) is 255 Å². The van der Waals surface area contributed by atoms with E-state index in [-0.39, 0.29) is 0 Å². The standard InChI is InChI=1S/C60H42N2Si/c1-6-19-43(20-7-1)44-33-35-46(36-34-44)61-58-39-37-47(41-55(58)60-52(30-18-32-59(60)61)45-21-8-2-9-22-45)62-56-31-17-16-29-53(56)54-42-51(38-40-57(54)62)63(48-23-10-3-11-24-48,49-25-12-4-13-26-49)50-27-14-5-15-28-50/h1-42H. The van der Waals surface area contributed by atoms with Crippen LogP contribution >= 0.6 is 0 Å². The van der Waals surface area contributed by atoms with Crippen LogP contribution < -0.4 is 20.7 Å². The molecule has 0 unspecified atom stereocenters. The van der Waals surface area contributed by atoms with Gasteiger partial charge >= 0.3 is 0 Å². The Bertz CT molecular complexity index is 3480. The predicted molar refractivity (Wildman–Crippen MR) is 270 cm³/mol. The molecule has 0 atom stereocenters. The minimum Gasteiger partial charge on any atom is -0.309 e. The second-order valence-corrected chi connectivity index (χ2v) is 20.3. The first-order valence-electron chi connectivity index (χ1n) is 21.8. The molecule has 0 aliphatic carbocycles. The number of nitrogens with zero attached hydrogens (tertiary/aromatic N) is 2. The molecule has 2 nitrogen and oxygen atoms in total. The zero-order valence-electron chi connectivity index (χ0n) is 34.6. The van der Waals surface area contributed by atoms with Crippen LogP contribution in [0.5, 0.6) is 0 Å². The van der Waals surface area contributed by atoms with E-state index in [4.69, 9.17) is 0 Å². The van der Waals surface area contributed by atoms with Crippen molar-refractivity contribution in [1.29, 1.82) is 0 Å². The number of para-hydroxylation sites is 1. The Hall–Kier alpha value is -7.98. The van der Waals surface area contributed by atoms with Crippen LogP contribution in [0.1, 0.15) is 0 Å². The molecule has 0 bridgehead atoms. The maximum Gasteiger partial charge on any atom is 0.179 e. The van der Waals surface area contributed by atoms with Crippen molar-refractivity contribution in [2.75, 3.05) is 0 Å². The Morgan fingerprint density at radius 3 is 1.35 bits per heavy atom. The lowest BCUT2D eigenvalue weighted by Gasteiger charge is -2.34. The largest absolute Gasteiger partial charge is 0.309 e. The Kier molecular flexibility index (Phi) is 8.87. The zero-order valence-corrected chi connectivity index (χ0v) is 35.6. The molecule has 0 saturated carbocycles. The number of aromatic nitrogens is 2. The highest BCUT2D eigenvalue weighted by molar-refractivity contribution is 7.20. The van der Waals surface area contributed by atoms with Crippen LogP contribution in [0.3, 0.4) is 0 Å². The van der Waals surface area contributed by atoms with Gasteiger partial charge in [0.2, 0.25) is 0 Å². The molecule has 0 N–H and O–H groups in total. The maximum absolute atomic E-state index is 2.74. The number of fused-ring (bicyclic) bond motifs is 6. The molecule has 0 amide bonds. The summed E-state index contributed by atoms with van der Waals surface area (Å²) in [5.41, 5.74) is 11.9. The molecular weight excluding hydrogens is 777 g/mol. The van der Waals surface area contributed by atoms with Gasteiger partial charge in [-0.1, -0.05) is 206 Å². The summed E-state index contributed by atoms with van der Waals surface area (Å²) in [6.45, 7) is 0. The van der Waals surface area contributed by atoms with Crippen molar-refractivity contribution >= 4 is 72.4 Å². The fraction of sp³-hybridized carbons (Fsp3) is 0. The molecule has 12 aromatic rings. The topological polar surface area (TPSA) is 9.86 Å². The average Bonchev–Trinajstić information content (AvgIpc) is 3.88. The fourth-order valence-electron chi connectivity index (χ4n) is 10.3. The Morgan fingerprint density at radius 2 is 0.714 bits per heavy atom. The van der Waals surface area contributed by atoms with Gasteiger partial charge in [0.25, 0.3) is 0 Å². The molecule has 0 aliphatic rings. The van der Waals surface area contributed by atoms with Crippen LogP contribution in [-0.4, -0.2) is 17.2 Å². The first-order chi connectivity index (χ1) is 31.3. The van der Waals surface area contributed by atoms with Gasteiger partial charge in [-0.15, -0.1) is 0 Å². The molecule has 10 aromatic carbocycles. The lowest BCUT2D eigenvalue weighted by atomic mass is 9.99. The summed E-state index contributed by atoms with van der Waals surface area (Å²) in [6, 6.07) is 94.2. The third-order valence-electron chi connectivity index (χ3n) is 13.1. The molecule has 2 aromatic heterocycles. The van der Waals surface area contributed by atoms with E-state index in [2.05, 4.69) is 264 Å². The van der Waals surface area contributed by atoms with Crippen molar-refractivity contribution in [3.63, 3.8) is 0 Å². The minimum absolute atomic E-state index is 1.14. The van der Waals surface area contributed by atoms with Crippen LogP contribution in [-0.2, 0) is 0 Å². The molecule has 296 valence electrons. The van der Waals surface area contributed by atoms with Gasteiger partial charge in [-0.2, -0.15) is 0 Å². The van der Waals surface area contributed by atoms with E-state index in [1.807, 2.05) is 0 Å². The van der Waals surface area contributed by atoms with Gasteiger partial charge in [0.05, 0.1) is 22.1 Å². The summed E-state index contributed by atoms with van der Waals surface area (Å²) in [5.74, 6) is 0. The van der Waals surface area contributed by atoms with E-state index >= 15 is 0 Å². The highest BCUT2D eigenvalue weighted by atomic mass is 28.3. The summed E-state index contributed by atoms with van der Waals surface area (Å²) in [4.78, 5) is 0. The molecule has 3 heteroatoms. The van der Waals surface area contributed by atoms with Crippen LogP contribution in [0, 0.1) is 0 Å². The second kappa shape index (κ2) is 15.2. The summed E-state index contributed by atoms with van der Waals surface area (Å²) in [7, 11) is -2.74. The molecule has 0 saturated heterocycles. The van der Waals surface area contributed by atoms with Crippen molar-refractivity contribution in [2.45, 2.75) is 0 Å². The summed E-state index contributed by atoms with van der Waals surface area (Å²) in [6.07, 6.45) is 0. The normalized spacial score (nSPS) is 11.8. The SMILES string of the molecule is c1ccc(-c2ccc(-n3c4ccc(-n5c6ccccc6c6cc([Si](c7ccccc7)(c7ccccc7)c7ccccc7)ccc65)cc4c4c(-c5ccccc5)cccc43)cc2)cc1. The molecule has 2 heterocycles. The number of hydrogen-bond donors (Lipinski definition) is 0. The number of benzene rings is 10. The van der Waals surface area contributed by atoms with E-state index in [0.717, 1.165) is 11.4 Å². The Morgan fingerprint density at radius 1 is 0.254 bits per heavy atom. The van der Waals surface area contributed by atoms with Gasteiger partial charge in [0.1, 0.15) is 0 Å². The first-order valence-corrected chi connectivity index (χ1v) is 23.8. The lowest BCUT2D eigenvalue weighted by Crippen LogP contribution is -2.74. The quantitative estimate of drug-likeness (QED) is 0.107.